The van der Waals surface area contributed by atoms with E-state index in [1.165, 1.54) is 70.6 Å². The van der Waals surface area contributed by atoms with Crippen LogP contribution in [0, 0.1) is 0 Å². The number of ether oxygens (including phenoxy) is 2. The molecule has 0 saturated carbocycles. The first-order valence-corrected chi connectivity index (χ1v) is 12.1. The molecule has 1 fully saturated rings. The molecule has 0 radical (unpaired) electrons. The van der Waals surface area contributed by atoms with E-state index in [4.69, 9.17) is 9.47 Å². The topological polar surface area (TPSA) is 76.1 Å². The fraction of sp³-hybridized carbons (Fsp3) is 0.917. The van der Waals surface area contributed by atoms with Crippen LogP contribution in [0.5, 0.6) is 0 Å². The minimum atomic E-state index is -0.781. The zero-order valence-electron chi connectivity index (χ0n) is 19.8. The summed E-state index contributed by atoms with van der Waals surface area (Å²) in [5.74, 6) is 0. The molecule has 0 aromatic heterocycles. The van der Waals surface area contributed by atoms with E-state index in [1.807, 2.05) is 0 Å². The normalized spacial score (nSPS) is 17.8. The third-order valence-electron chi connectivity index (χ3n) is 5.54. The van der Waals surface area contributed by atoms with Crippen molar-refractivity contribution >= 4 is 12.2 Å². The maximum Gasteiger partial charge on any atom is 0.420 e. The van der Waals surface area contributed by atoms with Crippen LogP contribution in [-0.2, 0) is 9.47 Å². The summed E-state index contributed by atoms with van der Waals surface area (Å²) in [6.07, 6.45) is 14.8. The van der Waals surface area contributed by atoms with Crippen molar-refractivity contribution in [3.63, 3.8) is 0 Å². The number of carbonyl (C=O) groups excluding carboxylic acids is 2. The summed E-state index contributed by atoms with van der Waals surface area (Å²) in [6, 6.07) is -0.662. The van der Waals surface area contributed by atoms with Crippen molar-refractivity contribution in [2.45, 2.75) is 135 Å². The summed E-state index contributed by atoms with van der Waals surface area (Å²) in [7, 11) is 0. The molecule has 0 bridgehead atoms. The predicted molar refractivity (Wildman–Crippen MR) is 120 cm³/mol. The summed E-state index contributed by atoms with van der Waals surface area (Å²) in [6.45, 7) is 7.50. The lowest BCUT2D eigenvalue weighted by Gasteiger charge is -2.27. The average Bonchev–Trinajstić information content (AvgIpc) is 3.05. The lowest BCUT2D eigenvalue weighted by atomic mass is 10.0. The van der Waals surface area contributed by atoms with Crippen molar-refractivity contribution in [3.05, 3.63) is 0 Å². The van der Waals surface area contributed by atoms with Crippen LogP contribution in [0.4, 0.5) is 9.59 Å². The van der Waals surface area contributed by atoms with Gasteiger partial charge in [-0.15, -0.1) is 0 Å². The van der Waals surface area contributed by atoms with Gasteiger partial charge >= 0.3 is 12.2 Å². The Hall–Kier alpha value is -1.30. The molecule has 6 heteroatoms. The second-order valence-electron chi connectivity index (χ2n) is 9.59. The number of rotatable bonds is 15. The van der Waals surface area contributed by atoms with E-state index in [1.54, 1.807) is 20.8 Å². The molecule has 2 atom stereocenters. The Morgan fingerprint density at radius 2 is 1.47 bits per heavy atom. The highest BCUT2D eigenvalue weighted by Crippen LogP contribution is 2.23. The first kappa shape index (κ1) is 26.7. The summed E-state index contributed by atoms with van der Waals surface area (Å²) in [5.41, 5.74) is -0.704. The van der Waals surface area contributed by atoms with Gasteiger partial charge in [-0.1, -0.05) is 90.4 Å². The maximum absolute atomic E-state index is 12.3. The first-order valence-electron chi connectivity index (χ1n) is 12.1. The predicted octanol–water partition coefficient (Wildman–Crippen LogP) is 6.58. The number of unbranched alkanes of at least 4 members (excludes halogenated alkanes) is 12. The van der Waals surface area contributed by atoms with Crippen LogP contribution in [0.15, 0.2) is 0 Å². The number of cyclic esters (lactones) is 1. The lowest BCUT2D eigenvalue weighted by molar-refractivity contribution is 0.0139. The van der Waals surface area contributed by atoms with Gasteiger partial charge < -0.3 is 14.6 Å². The van der Waals surface area contributed by atoms with E-state index in [2.05, 4.69) is 6.92 Å². The van der Waals surface area contributed by atoms with Crippen LogP contribution in [0.1, 0.15) is 118 Å². The number of carbonyl (C=O) groups is 2. The summed E-state index contributed by atoms with van der Waals surface area (Å²) < 4.78 is 10.2. The van der Waals surface area contributed by atoms with Crippen LogP contribution in [0.25, 0.3) is 0 Å². The first-order chi connectivity index (χ1) is 14.3. The Labute approximate surface area is 183 Å². The highest BCUT2D eigenvalue weighted by atomic mass is 16.6. The highest BCUT2D eigenvalue weighted by Gasteiger charge is 2.43. The maximum atomic E-state index is 12.3. The molecule has 176 valence electrons. The van der Waals surface area contributed by atoms with Gasteiger partial charge in [-0.25, -0.2) is 14.5 Å². The quantitative estimate of drug-likeness (QED) is 0.299. The van der Waals surface area contributed by atoms with Crippen molar-refractivity contribution in [1.82, 2.24) is 4.90 Å². The second-order valence-corrected chi connectivity index (χ2v) is 9.59. The zero-order valence-corrected chi connectivity index (χ0v) is 19.8. The molecule has 1 aliphatic heterocycles. The number of imide groups is 1. The Morgan fingerprint density at radius 1 is 1.00 bits per heavy atom. The van der Waals surface area contributed by atoms with E-state index in [0.29, 0.717) is 6.42 Å². The summed E-state index contributed by atoms with van der Waals surface area (Å²) >= 11 is 0. The molecular formula is C24H45NO5. The molecule has 6 nitrogen and oxygen atoms in total. The van der Waals surface area contributed by atoms with Gasteiger partial charge in [0.05, 0.1) is 6.10 Å². The fourth-order valence-electron chi connectivity index (χ4n) is 3.80. The van der Waals surface area contributed by atoms with Gasteiger partial charge in [0.15, 0.2) is 0 Å². The zero-order chi connectivity index (χ0) is 22.4. The van der Waals surface area contributed by atoms with Crippen LogP contribution in [-0.4, -0.2) is 46.5 Å². The molecule has 30 heavy (non-hydrogen) atoms. The molecule has 0 aliphatic carbocycles. The molecule has 0 aromatic carbocycles. The van der Waals surface area contributed by atoms with Crippen molar-refractivity contribution < 1.29 is 24.2 Å². The Kier molecular flexibility index (Phi) is 13.1. The SMILES string of the molecule is CCCCCCCCCCCCCCC[C@@H](O)[C@@H]1COC(=O)N1C(=O)OC(C)(C)C. The van der Waals surface area contributed by atoms with Gasteiger partial charge in [-0.3, -0.25) is 0 Å². The smallest absolute Gasteiger partial charge is 0.420 e. The number of hydrogen-bond donors (Lipinski definition) is 1. The number of aliphatic hydroxyl groups excluding tert-OH is 1. The van der Waals surface area contributed by atoms with Gasteiger partial charge in [0.2, 0.25) is 0 Å². The van der Waals surface area contributed by atoms with Crippen molar-refractivity contribution in [3.8, 4) is 0 Å². The number of nitrogens with zero attached hydrogens (tertiary/aromatic N) is 1. The van der Waals surface area contributed by atoms with Gasteiger partial charge in [0.25, 0.3) is 0 Å². The van der Waals surface area contributed by atoms with Crippen LogP contribution >= 0.6 is 0 Å². The van der Waals surface area contributed by atoms with E-state index < -0.39 is 29.9 Å². The summed E-state index contributed by atoms with van der Waals surface area (Å²) in [4.78, 5) is 25.1. The largest absolute Gasteiger partial charge is 0.447 e. The van der Waals surface area contributed by atoms with Crippen molar-refractivity contribution in [2.75, 3.05) is 6.61 Å². The molecule has 2 amide bonds. The standard InChI is InChI=1S/C24H45NO5/c1-5-6-7-8-9-10-11-12-13-14-15-16-17-18-21(26)20-19-29-22(27)25(20)23(28)30-24(2,3)4/h20-21,26H,5-19H2,1-4H3/t20-,21+/m0/s1. The molecule has 1 rings (SSSR count). The third-order valence-corrected chi connectivity index (χ3v) is 5.54. The van der Waals surface area contributed by atoms with E-state index in [9.17, 15) is 14.7 Å². The molecule has 1 saturated heterocycles. The Morgan fingerprint density at radius 3 is 1.93 bits per heavy atom. The minimum absolute atomic E-state index is 0.0255. The molecule has 1 aliphatic rings. The van der Waals surface area contributed by atoms with Crippen LogP contribution < -0.4 is 0 Å². The molecule has 0 aromatic rings. The van der Waals surface area contributed by atoms with Gasteiger partial charge in [-0.2, -0.15) is 0 Å². The molecule has 1 N–H and O–H groups in total. The Balaban J connectivity index is 2.11. The van der Waals surface area contributed by atoms with Crippen LogP contribution in [0.3, 0.4) is 0 Å². The number of aliphatic hydroxyl groups is 1. The van der Waals surface area contributed by atoms with Crippen LogP contribution in [0.2, 0.25) is 0 Å². The van der Waals surface area contributed by atoms with Crippen molar-refractivity contribution in [1.29, 1.82) is 0 Å². The van der Waals surface area contributed by atoms with E-state index in [0.717, 1.165) is 17.7 Å². The monoisotopic (exact) mass is 427 g/mol. The third kappa shape index (κ3) is 11.2. The molecule has 0 unspecified atom stereocenters. The average molecular weight is 428 g/mol. The second kappa shape index (κ2) is 14.7. The summed E-state index contributed by atoms with van der Waals surface area (Å²) in [5, 5.41) is 10.5. The van der Waals surface area contributed by atoms with Crippen molar-refractivity contribution in [2.24, 2.45) is 0 Å². The number of hydrogen-bond acceptors (Lipinski definition) is 5. The molecule has 1 heterocycles. The van der Waals surface area contributed by atoms with Gasteiger partial charge in [0.1, 0.15) is 18.2 Å². The highest BCUT2D eigenvalue weighted by molar-refractivity contribution is 5.89. The molecular weight excluding hydrogens is 382 g/mol. The number of amides is 2. The van der Waals surface area contributed by atoms with Gasteiger partial charge in [-0.05, 0) is 27.2 Å². The molecule has 0 spiro atoms. The van der Waals surface area contributed by atoms with E-state index in [-0.39, 0.29) is 6.61 Å². The minimum Gasteiger partial charge on any atom is -0.447 e. The lowest BCUT2D eigenvalue weighted by Crippen LogP contribution is -2.47. The van der Waals surface area contributed by atoms with E-state index >= 15 is 0 Å². The fourth-order valence-corrected chi connectivity index (χ4v) is 3.80. The van der Waals surface area contributed by atoms with Gasteiger partial charge in [0, 0.05) is 0 Å². The Bertz CT molecular complexity index is 488.